The molecule has 0 aliphatic rings. The first-order valence-corrected chi connectivity index (χ1v) is 14.1. The van der Waals surface area contributed by atoms with Crippen LogP contribution < -0.4 is 21.3 Å². The number of rotatable bonds is 17. The van der Waals surface area contributed by atoms with Crippen molar-refractivity contribution in [1.29, 1.82) is 5.26 Å². The van der Waals surface area contributed by atoms with Crippen LogP contribution in [-0.4, -0.2) is 80.2 Å². The van der Waals surface area contributed by atoms with Crippen molar-refractivity contribution in [3.63, 3.8) is 0 Å². The summed E-state index contributed by atoms with van der Waals surface area (Å²) in [5.74, 6) is 7.11. The Bertz CT molecular complexity index is 1260. The van der Waals surface area contributed by atoms with Gasteiger partial charge < -0.3 is 30.9 Å². The summed E-state index contributed by atoms with van der Waals surface area (Å²) in [5, 5.41) is 21.1. The minimum absolute atomic E-state index is 0.0629. The Labute approximate surface area is 249 Å². The zero-order chi connectivity index (χ0) is 30.6. The van der Waals surface area contributed by atoms with Gasteiger partial charge in [-0.3, -0.25) is 9.59 Å². The van der Waals surface area contributed by atoms with Crippen molar-refractivity contribution in [2.45, 2.75) is 45.1 Å². The van der Waals surface area contributed by atoms with Crippen molar-refractivity contribution in [1.82, 2.24) is 25.5 Å². The molecule has 42 heavy (non-hydrogen) atoms. The van der Waals surface area contributed by atoms with E-state index in [4.69, 9.17) is 10.00 Å². The van der Waals surface area contributed by atoms with Crippen molar-refractivity contribution < 1.29 is 14.3 Å². The van der Waals surface area contributed by atoms with Crippen LogP contribution in [0.3, 0.4) is 0 Å². The molecule has 2 rings (SSSR count). The van der Waals surface area contributed by atoms with E-state index in [1.165, 1.54) is 6.08 Å². The third kappa shape index (κ3) is 13.8. The van der Waals surface area contributed by atoms with Gasteiger partial charge >= 0.3 is 0 Å². The second-order valence-electron chi connectivity index (χ2n) is 9.76. The van der Waals surface area contributed by atoms with Crippen LogP contribution in [0.2, 0.25) is 0 Å². The van der Waals surface area contributed by atoms with Crippen molar-refractivity contribution in [3.05, 3.63) is 53.7 Å². The molecular formula is C31H42N8O3. The number of nitriles is 1. The van der Waals surface area contributed by atoms with Gasteiger partial charge in [0.05, 0.1) is 29.5 Å². The number of aromatic nitrogens is 2. The van der Waals surface area contributed by atoms with E-state index < -0.39 is 0 Å². The summed E-state index contributed by atoms with van der Waals surface area (Å²) in [6, 6.07) is 9.16. The average Bonchev–Trinajstić information content (AvgIpc) is 2.98. The zero-order valence-electron chi connectivity index (χ0n) is 25.0. The Balaban J connectivity index is 1.76. The van der Waals surface area contributed by atoms with E-state index in [-0.39, 0.29) is 17.9 Å². The number of nitrogens with one attached hydrogen (secondary N) is 4. The molecule has 11 heteroatoms. The Hall–Kier alpha value is -4.45. The highest BCUT2D eigenvalue weighted by molar-refractivity contribution is 5.87. The number of unbranched alkanes of at least 4 members (excludes halogenated alkanes) is 1. The summed E-state index contributed by atoms with van der Waals surface area (Å²) in [4.78, 5) is 35.0. The normalized spacial score (nSPS) is 11.3. The lowest BCUT2D eigenvalue weighted by Crippen LogP contribution is -2.33. The molecule has 2 aromatic rings. The number of carbonyl (C=O) groups excluding carboxylic acids is 2. The Kier molecular flexibility index (Phi) is 15.7. The molecule has 1 aromatic carbocycles. The van der Waals surface area contributed by atoms with E-state index in [0.29, 0.717) is 68.2 Å². The van der Waals surface area contributed by atoms with Crippen LogP contribution in [0.25, 0.3) is 0 Å². The van der Waals surface area contributed by atoms with Gasteiger partial charge in [0.2, 0.25) is 17.8 Å². The summed E-state index contributed by atoms with van der Waals surface area (Å²) in [5.41, 5.74) is 2.06. The molecule has 11 nitrogen and oxygen atoms in total. The molecule has 1 atom stereocenters. The topological polar surface area (TPSA) is 144 Å². The van der Waals surface area contributed by atoms with Gasteiger partial charge in [0.1, 0.15) is 5.82 Å². The minimum atomic E-state index is -0.240. The summed E-state index contributed by atoms with van der Waals surface area (Å²) < 4.78 is 5.40. The summed E-state index contributed by atoms with van der Waals surface area (Å²) in [6.45, 7) is 4.37. The number of hydrogen-bond donors (Lipinski definition) is 4. The van der Waals surface area contributed by atoms with Gasteiger partial charge in [0, 0.05) is 57.9 Å². The molecular weight excluding hydrogens is 532 g/mol. The van der Waals surface area contributed by atoms with Gasteiger partial charge in [0.15, 0.2) is 0 Å². The van der Waals surface area contributed by atoms with E-state index in [0.717, 1.165) is 18.7 Å². The standard InChI is InChI=1S/C31H42N8O3/c1-5-18-34-30-25(22-36-31(38-30)37-26-14-12-24(21-32)13-15-26)10-7-6-8-19-33-29(41)17-16-27(42-4)23-35-28(40)11-9-20-39(2)3/h9,11-15,22,27H,5-6,8,16-20,23H2,1-4H3,(H,33,41)(H,35,40)(H2,34,36,37,38)/b11-9+/t27-/m0/s1. The molecule has 0 radical (unpaired) electrons. The summed E-state index contributed by atoms with van der Waals surface area (Å²) >= 11 is 0. The Morgan fingerprint density at radius 2 is 1.95 bits per heavy atom. The maximum absolute atomic E-state index is 12.3. The van der Waals surface area contributed by atoms with E-state index >= 15 is 0 Å². The van der Waals surface area contributed by atoms with Gasteiger partial charge in [-0.05, 0) is 57.6 Å². The van der Waals surface area contributed by atoms with Crippen LogP contribution in [0.4, 0.5) is 17.5 Å². The Morgan fingerprint density at radius 3 is 2.64 bits per heavy atom. The van der Waals surface area contributed by atoms with Crippen LogP contribution in [0, 0.1) is 23.2 Å². The fourth-order valence-corrected chi connectivity index (χ4v) is 3.56. The van der Waals surface area contributed by atoms with Crippen LogP contribution in [0.1, 0.15) is 50.2 Å². The molecule has 0 aliphatic heterocycles. The number of likely N-dealkylation sites (N-methyl/N-ethyl adjacent to an activating group) is 1. The van der Waals surface area contributed by atoms with Crippen LogP contribution >= 0.6 is 0 Å². The number of nitrogens with zero attached hydrogens (tertiary/aromatic N) is 4. The van der Waals surface area contributed by atoms with Crippen molar-refractivity contribution in [2.24, 2.45) is 0 Å². The number of carbonyl (C=O) groups is 2. The van der Waals surface area contributed by atoms with Crippen molar-refractivity contribution in [3.8, 4) is 17.9 Å². The number of ether oxygens (including phenoxy) is 1. The van der Waals surface area contributed by atoms with Crippen molar-refractivity contribution in [2.75, 3.05) is 58.0 Å². The van der Waals surface area contributed by atoms with Gasteiger partial charge in [-0.15, -0.1) is 0 Å². The molecule has 0 aliphatic carbocycles. The van der Waals surface area contributed by atoms with Gasteiger partial charge in [0.25, 0.3) is 0 Å². The second-order valence-corrected chi connectivity index (χ2v) is 9.76. The Morgan fingerprint density at radius 1 is 1.17 bits per heavy atom. The van der Waals surface area contributed by atoms with Crippen LogP contribution in [0.5, 0.6) is 0 Å². The lowest BCUT2D eigenvalue weighted by Gasteiger charge is -2.15. The predicted molar refractivity (Wildman–Crippen MR) is 165 cm³/mol. The molecule has 0 saturated carbocycles. The number of benzene rings is 1. The molecule has 0 bridgehead atoms. The molecule has 0 fully saturated rings. The minimum Gasteiger partial charge on any atom is -0.380 e. The quantitative estimate of drug-likeness (QED) is 0.127. The van der Waals surface area contributed by atoms with Crippen molar-refractivity contribution >= 4 is 29.3 Å². The molecule has 4 N–H and O–H groups in total. The van der Waals surface area contributed by atoms with Gasteiger partial charge in [-0.25, -0.2) is 4.98 Å². The fraction of sp³-hybridized carbons (Fsp3) is 0.452. The van der Waals surface area contributed by atoms with Gasteiger partial charge in [-0.1, -0.05) is 24.8 Å². The zero-order valence-corrected chi connectivity index (χ0v) is 25.0. The first kappa shape index (κ1) is 33.8. The van der Waals surface area contributed by atoms with Crippen LogP contribution in [-0.2, 0) is 14.3 Å². The molecule has 2 amide bonds. The molecule has 224 valence electrons. The monoisotopic (exact) mass is 574 g/mol. The molecule has 1 aromatic heterocycles. The molecule has 0 spiro atoms. The van der Waals surface area contributed by atoms with Gasteiger partial charge in [-0.2, -0.15) is 10.2 Å². The highest BCUT2D eigenvalue weighted by Gasteiger charge is 2.11. The lowest BCUT2D eigenvalue weighted by atomic mass is 10.2. The molecule has 0 unspecified atom stereocenters. The molecule has 1 heterocycles. The largest absolute Gasteiger partial charge is 0.380 e. The third-order valence-electron chi connectivity index (χ3n) is 5.90. The second kappa shape index (κ2) is 19.6. The highest BCUT2D eigenvalue weighted by Crippen LogP contribution is 2.18. The van der Waals surface area contributed by atoms with Crippen LogP contribution in [0.15, 0.2) is 42.6 Å². The maximum Gasteiger partial charge on any atom is 0.243 e. The summed E-state index contributed by atoms with van der Waals surface area (Å²) in [7, 11) is 5.43. The van der Waals surface area contributed by atoms with E-state index in [2.05, 4.69) is 56.1 Å². The number of amides is 2. The number of methoxy groups -OCH3 is 1. The predicted octanol–water partition coefficient (Wildman–Crippen LogP) is 3.19. The van der Waals surface area contributed by atoms with E-state index in [9.17, 15) is 9.59 Å². The van der Waals surface area contributed by atoms with E-state index in [1.807, 2.05) is 19.0 Å². The highest BCUT2D eigenvalue weighted by atomic mass is 16.5. The first-order valence-electron chi connectivity index (χ1n) is 14.1. The SMILES string of the molecule is CCCNc1nc(Nc2ccc(C#N)cc2)ncc1C#CCCCNC(=O)CC[C@@H](CNC(=O)/C=C/CN(C)C)OC. The number of hydrogen-bond acceptors (Lipinski definition) is 9. The third-order valence-corrected chi connectivity index (χ3v) is 5.90. The summed E-state index contributed by atoms with van der Waals surface area (Å²) in [6.07, 6.45) is 7.80. The molecule has 0 saturated heterocycles. The fourth-order valence-electron chi connectivity index (χ4n) is 3.56. The maximum atomic E-state index is 12.3. The van der Waals surface area contributed by atoms with E-state index in [1.54, 1.807) is 43.6 Å². The smallest absolute Gasteiger partial charge is 0.243 e. The number of anilines is 3. The average molecular weight is 575 g/mol. The first-order chi connectivity index (χ1) is 20.3. The lowest BCUT2D eigenvalue weighted by molar-refractivity contribution is -0.121.